The van der Waals surface area contributed by atoms with E-state index in [4.69, 9.17) is 11.6 Å². The Labute approximate surface area is 142 Å². The summed E-state index contributed by atoms with van der Waals surface area (Å²) in [7, 11) is 0. The molecule has 0 fully saturated rings. The first kappa shape index (κ1) is 16.1. The van der Waals surface area contributed by atoms with Gasteiger partial charge in [0.05, 0.1) is 0 Å². The molecule has 2 N–H and O–H groups in total. The lowest BCUT2D eigenvalue weighted by Gasteiger charge is -2.03. The van der Waals surface area contributed by atoms with E-state index in [1.807, 2.05) is 0 Å². The molecule has 5 nitrogen and oxygen atoms in total. The fourth-order valence-corrected chi connectivity index (χ4v) is 2.26. The van der Waals surface area contributed by atoms with E-state index in [-0.39, 0.29) is 11.7 Å². The van der Waals surface area contributed by atoms with E-state index in [0.29, 0.717) is 35.2 Å². The van der Waals surface area contributed by atoms with Gasteiger partial charge < -0.3 is 5.32 Å². The Balaban J connectivity index is 1.55. The third-order valence-corrected chi connectivity index (χ3v) is 3.64. The number of hydrogen-bond acceptors (Lipinski definition) is 3. The molecule has 3 rings (SSSR count). The van der Waals surface area contributed by atoms with Crippen molar-refractivity contribution < 1.29 is 9.18 Å². The molecule has 0 bridgehead atoms. The fourth-order valence-electron chi connectivity index (χ4n) is 2.13. The monoisotopic (exact) mass is 344 g/mol. The van der Waals surface area contributed by atoms with E-state index >= 15 is 0 Å². The van der Waals surface area contributed by atoms with Crippen LogP contribution < -0.4 is 5.32 Å². The summed E-state index contributed by atoms with van der Waals surface area (Å²) in [6, 6.07) is 12.6. The van der Waals surface area contributed by atoms with E-state index in [1.165, 1.54) is 12.1 Å². The van der Waals surface area contributed by atoms with E-state index in [1.54, 1.807) is 36.4 Å². The first-order valence-corrected chi connectivity index (χ1v) is 7.70. The van der Waals surface area contributed by atoms with Gasteiger partial charge in [0.15, 0.2) is 5.82 Å². The predicted octanol–water partition coefficient (Wildman–Crippen LogP) is 3.24. The number of amides is 1. The van der Waals surface area contributed by atoms with Gasteiger partial charge in [-0.05, 0) is 48.5 Å². The fraction of sp³-hybridized carbons (Fsp3) is 0.118. The zero-order valence-electron chi connectivity index (χ0n) is 12.6. The molecular weight excluding hydrogens is 331 g/mol. The standard InChI is InChI=1S/C17H14ClFN4O/c18-13-5-1-12(2-6-13)17(24)20-10-9-15-21-16(23-22-15)11-3-7-14(19)8-4-11/h1-8H,9-10H2,(H,20,24)(H,21,22,23). The first-order chi connectivity index (χ1) is 11.6. The Bertz CT molecular complexity index is 831. The summed E-state index contributed by atoms with van der Waals surface area (Å²) in [5, 5.41) is 10.3. The van der Waals surface area contributed by atoms with Crippen LogP contribution in [0.25, 0.3) is 11.4 Å². The SMILES string of the molecule is O=C(NCCc1nc(-c2ccc(F)cc2)n[nH]1)c1ccc(Cl)cc1. The second kappa shape index (κ2) is 7.23. The molecule has 1 amide bonds. The average Bonchev–Trinajstić information content (AvgIpc) is 3.05. The minimum Gasteiger partial charge on any atom is -0.352 e. The largest absolute Gasteiger partial charge is 0.352 e. The van der Waals surface area contributed by atoms with Gasteiger partial charge in [0.2, 0.25) is 0 Å². The van der Waals surface area contributed by atoms with E-state index in [9.17, 15) is 9.18 Å². The number of H-pyrrole nitrogens is 1. The maximum absolute atomic E-state index is 12.9. The Hall–Kier alpha value is -2.73. The molecule has 0 atom stereocenters. The van der Waals surface area contributed by atoms with Crippen LogP contribution in [0, 0.1) is 5.82 Å². The van der Waals surface area contributed by atoms with E-state index in [2.05, 4.69) is 20.5 Å². The van der Waals surface area contributed by atoms with Crippen molar-refractivity contribution in [2.24, 2.45) is 0 Å². The third kappa shape index (κ3) is 3.97. The lowest BCUT2D eigenvalue weighted by molar-refractivity contribution is 0.0954. The molecule has 2 aromatic carbocycles. The molecule has 24 heavy (non-hydrogen) atoms. The van der Waals surface area contributed by atoms with Gasteiger partial charge >= 0.3 is 0 Å². The van der Waals surface area contributed by atoms with Crippen molar-refractivity contribution >= 4 is 17.5 Å². The molecule has 0 aliphatic heterocycles. The van der Waals surface area contributed by atoms with Crippen LogP contribution in [-0.4, -0.2) is 27.6 Å². The van der Waals surface area contributed by atoms with Crippen molar-refractivity contribution in [3.05, 3.63) is 70.8 Å². The molecule has 0 spiro atoms. The quantitative estimate of drug-likeness (QED) is 0.746. The molecule has 0 aliphatic rings. The van der Waals surface area contributed by atoms with Crippen LogP contribution in [0.2, 0.25) is 5.02 Å². The van der Waals surface area contributed by atoms with Crippen LogP contribution in [0.3, 0.4) is 0 Å². The van der Waals surface area contributed by atoms with Crippen molar-refractivity contribution in [1.29, 1.82) is 0 Å². The van der Waals surface area contributed by atoms with E-state index < -0.39 is 0 Å². The highest BCUT2D eigenvalue weighted by Gasteiger charge is 2.08. The van der Waals surface area contributed by atoms with Gasteiger partial charge in [-0.2, -0.15) is 5.10 Å². The number of aromatic amines is 1. The number of carbonyl (C=O) groups excluding carboxylic acids is 1. The van der Waals surface area contributed by atoms with Gasteiger partial charge in [-0.25, -0.2) is 9.37 Å². The summed E-state index contributed by atoms with van der Waals surface area (Å²) in [4.78, 5) is 16.3. The summed E-state index contributed by atoms with van der Waals surface area (Å²) < 4.78 is 12.9. The Morgan fingerprint density at radius 3 is 2.54 bits per heavy atom. The Kier molecular flexibility index (Phi) is 4.86. The lowest BCUT2D eigenvalue weighted by Crippen LogP contribution is -2.25. The van der Waals surface area contributed by atoms with Crippen molar-refractivity contribution in [1.82, 2.24) is 20.5 Å². The third-order valence-electron chi connectivity index (χ3n) is 3.39. The smallest absolute Gasteiger partial charge is 0.251 e. The van der Waals surface area contributed by atoms with Gasteiger partial charge in [-0.3, -0.25) is 9.89 Å². The van der Waals surface area contributed by atoms with Crippen molar-refractivity contribution in [2.45, 2.75) is 6.42 Å². The maximum Gasteiger partial charge on any atom is 0.251 e. The predicted molar refractivity (Wildman–Crippen MR) is 89.3 cm³/mol. The number of carbonyl (C=O) groups is 1. The second-order valence-electron chi connectivity index (χ2n) is 5.13. The molecule has 1 heterocycles. The van der Waals surface area contributed by atoms with Gasteiger partial charge in [0, 0.05) is 29.1 Å². The molecule has 1 aromatic heterocycles. The van der Waals surface area contributed by atoms with Gasteiger partial charge in [-0.1, -0.05) is 11.6 Å². The summed E-state index contributed by atoms with van der Waals surface area (Å²) in [6.07, 6.45) is 0.507. The normalized spacial score (nSPS) is 10.6. The Morgan fingerprint density at radius 1 is 1.12 bits per heavy atom. The van der Waals surface area contributed by atoms with Crippen LogP contribution in [0.5, 0.6) is 0 Å². The van der Waals surface area contributed by atoms with Crippen molar-refractivity contribution in [3.63, 3.8) is 0 Å². The van der Waals surface area contributed by atoms with Crippen LogP contribution in [-0.2, 0) is 6.42 Å². The zero-order valence-corrected chi connectivity index (χ0v) is 13.3. The molecular formula is C17H14ClFN4O. The number of benzene rings is 2. The van der Waals surface area contributed by atoms with Crippen LogP contribution in [0.4, 0.5) is 4.39 Å². The van der Waals surface area contributed by atoms with Crippen LogP contribution in [0.1, 0.15) is 16.2 Å². The number of halogens is 2. The summed E-state index contributed by atoms with van der Waals surface area (Å²) in [6.45, 7) is 0.416. The van der Waals surface area contributed by atoms with E-state index in [0.717, 1.165) is 5.56 Å². The summed E-state index contributed by atoms with van der Waals surface area (Å²) in [5.41, 5.74) is 1.27. The Morgan fingerprint density at radius 2 is 1.83 bits per heavy atom. The molecule has 3 aromatic rings. The molecule has 0 saturated heterocycles. The number of nitrogens with one attached hydrogen (secondary N) is 2. The summed E-state index contributed by atoms with van der Waals surface area (Å²) >= 11 is 5.79. The van der Waals surface area contributed by atoms with Crippen molar-refractivity contribution in [3.8, 4) is 11.4 Å². The number of nitrogens with zero attached hydrogens (tertiary/aromatic N) is 2. The highest BCUT2D eigenvalue weighted by atomic mass is 35.5. The molecule has 122 valence electrons. The first-order valence-electron chi connectivity index (χ1n) is 7.33. The summed E-state index contributed by atoms with van der Waals surface area (Å²) in [5.74, 6) is 0.657. The molecule has 0 unspecified atom stereocenters. The molecule has 0 saturated carbocycles. The topological polar surface area (TPSA) is 70.7 Å². The number of aromatic nitrogens is 3. The molecule has 0 aliphatic carbocycles. The number of rotatable bonds is 5. The maximum atomic E-state index is 12.9. The number of hydrogen-bond donors (Lipinski definition) is 2. The molecule has 0 radical (unpaired) electrons. The van der Waals surface area contributed by atoms with Crippen LogP contribution >= 0.6 is 11.6 Å². The lowest BCUT2D eigenvalue weighted by atomic mass is 10.2. The van der Waals surface area contributed by atoms with Gasteiger partial charge in [0.25, 0.3) is 5.91 Å². The highest BCUT2D eigenvalue weighted by Crippen LogP contribution is 2.15. The zero-order chi connectivity index (χ0) is 16.9. The minimum absolute atomic E-state index is 0.176. The van der Waals surface area contributed by atoms with Gasteiger partial charge in [0.1, 0.15) is 11.6 Å². The highest BCUT2D eigenvalue weighted by molar-refractivity contribution is 6.30. The van der Waals surface area contributed by atoms with Gasteiger partial charge in [-0.15, -0.1) is 0 Å². The minimum atomic E-state index is -0.306. The van der Waals surface area contributed by atoms with Crippen LogP contribution in [0.15, 0.2) is 48.5 Å². The molecule has 7 heteroatoms. The average molecular weight is 345 g/mol. The second-order valence-corrected chi connectivity index (χ2v) is 5.56. The van der Waals surface area contributed by atoms with Crippen molar-refractivity contribution in [2.75, 3.05) is 6.54 Å².